The second-order valence-corrected chi connectivity index (χ2v) is 8.82. The minimum atomic E-state index is -0.518. The van der Waals surface area contributed by atoms with Crippen LogP contribution in [0, 0.1) is 13.8 Å². The number of aliphatic imine (C=N–C) groups is 1. The zero-order valence-electron chi connectivity index (χ0n) is 16.9. The van der Waals surface area contributed by atoms with Gasteiger partial charge in [-0.05, 0) is 48.5 Å². The number of thiazole rings is 1. The number of hydrogen-bond acceptors (Lipinski definition) is 5. The number of nitrogens with zero attached hydrogens (tertiary/aromatic N) is 2. The normalized spacial score (nSPS) is 12.2. The first-order valence-electron chi connectivity index (χ1n) is 8.30. The summed E-state index contributed by atoms with van der Waals surface area (Å²) in [6.45, 7) is 14.5. The predicted molar refractivity (Wildman–Crippen MR) is 119 cm³/mol. The van der Waals surface area contributed by atoms with Crippen LogP contribution in [-0.4, -0.2) is 41.8 Å². The molecule has 0 saturated carbocycles. The van der Waals surface area contributed by atoms with Gasteiger partial charge in [0.2, 0.25) is 0 Å². The molecular formula is C17H32IN5O2S. The Bertz CT molecular complexity index is 623. The van der Waals surface area contributed by atoms with E-state index < -0.39 is 17.2 Å². The summed E-state index contributed by atoms with van der Waals surface area (Å²) in [6, 6.07) is 0. The van der Waals surface area contributed by atoms with Gasteiger partial charge in [-0.3, -0.25) is 4.99 Å². The maximum Gasteiger partial charge on any atom is 0.408 e. The number of guanidine groups is 1. The van der Waals surface area contributed by atoms with Crippen LogP contribution >= 0.6 is 35.3 Å². The SMILES string of the molecule is CN=C(NCc1sc(C)nc1C)NCC(C)(C)NC(=O)OC(C)(C)C.I. The molecule has 0 aromatic carbocycles. The minimum Gasteiger partial charge on any atom is -0.444 e. The van der Waals surface area contributed by atoms with Crippen molar-refractivity contribution in [3.63, 3.8) is 0 Å². The molecule has 0 saturated heterocycles. The molecule has 26 heavy (non-hydrogen) atoms. The Balaban J connectivity index is 0.00000625. The molecular weight excluding hydrogens is 465 g/mol. The molecule has 0 bridgehead atoms. The van der Waals surface area contributed by atoms with E-state index in [9.17, 15) is 4.79 Å². The summed E-state index contributed by atoms with van der Waals surface area (Å²) in [7, 11) is 1.72. The second-order valence-electron chi connectivity index (χ2n) is 7.53. The fraction of sp³-hybridized carbons (Fsp3) is 0.706. The number of aryl methyl sites for hydroxylation is 2. The van der Waals surface area contributed by atoms with Crippen molar-refractivity contribution in [2.24, 2.45) is 4.99 Å². The molecule has 1 amide bonds. The van der Waals surface area contributed by atoms with E-state index in [1.807, 2.05) is 48.5 Å². The summed E-state index contributed by atoms with van der Waals surface area (Å²) in [5.41, 5.74) is 0.0322. The molecule has 0 aliphatic rings. The highest BCUT2D eigenvalue weighted by atomic mass is 127. The van der Waals surface area contributed by atoms with Crippen molar-refractivity contribution in [3.8, 4) is 0 Å². The molecule has 0 atom stereocenters. The number of carbonyl (C=O) groups is 1. The average molecular weight is 497 g/mol. The Morgan fingerprint density at radius 1 is 1.19 bits per heavy atom. The van der Waals surface area contributed by atoms with Gasteiger partial charge in [0, 0.05) is 18.5 Å². The van der Waals surface area contributed by atoms with E-state index in [2.05, 4.69) is 25.9 Å². The highest BCUT2D eigenvalue weighted by Gasteiger charge is 2.24. The Hall–Kier alpha value is -1.10. The molecule has 3 N–H and O–H groups in total. The van der Waals surface area contributed by atoms with E-state index in [1.54, 1.807) is 18.4 Å². The Kier molecular flexibility index (Phi) is 9.85. The van der Waals surface area contributed by atoms with Crippen LogP contribution in [0.5, 0.6) is 0 Å². The third-order valence-electron chi connectivity index (χ3n) is 3.18. The van der Waals surface area contributed by atoms with Gasteiger partial charge in [-0.25, -0.2) is 9.78 Å². The topological polar surface area (TPSA) is 87.6 Å². The first-order chi connectivity index (χ1) is 11.4. The van der Waals surface area contributed by atoms with Crippen LogP contribution < -0.4 is 16.0 Å². The zero-order valence-corrected chi connectivity index (χ0v) is 20.1. The fourth-order valence-electron chi connectivity index (χ4n) is 2.05. The lowest BCUT2D eigenvalue weighted by atomic mass is 10.1. The summed E-state index contributed by atoms with van der Waals surface area (Å²) in [5.74, 6) is 0.671. The van der Waals surface area contributed by atoms with Gasteiger partial charge in [0.1, 0.15) is 5.60 Å². The van der Waals surface area contributed by atoms with E-state index in [0.29, 0.717) is 19.0 Å². The molecule has 0 fully saturated rings. The second kappa shape index (κ2) is 10.3. The third-order valence-corrected chi connectivity index (χ3v) is 4.25. The van der Waals surface area contributed by atoms with Gasteiger partial charge in [-0.1, -0.05) is 0 Å². The fourth-order valence-corrected chi connectivity index (χ4v) is 2.93. The molecule has 1 heterocycles. The Morgan fingerprint density at radius 2 is 1.81 bits per heavy atom. The molecule has 1 aromatic heterocycles. The van der Waals surface area contributed by atoms with E-state index >= 15 is 0 Å². The maximum atomic E-state index is 11.9. The lowest BCUT2D eigenvalue weighted by Crippen LogP contribution is -2.54. The van der Waals surface area contributed by atoms with Crippen LogP contribution in [0.1, 0.15) is 50.2 Å². The van der Waals surface area contributed by atoms with Crippen molar-refractivity contribution < 1.29 is 9.53 Å². The van der Waals surface area contributed by atoms with Crippen LogP contribution in [0.2, 0.25) is 0 Å². The van der Waals surface area contributed by atoms with Gasteiger partial charge < -0.3 is 20.7 Å². The van der Waals surface area contributed by atoms with Gasteiger partial charge in [0.15, 0.2) is 5.96 Å². The standard InChI is InChI=1S/C17H31N5O2S.HI/c1-11-13(25-12(2)21-11)9-19-14(18-8)20-10-17(6,7)22-15(23)24-16(3,4)5;/h9-10H2,1-8H3,(H,22,23)(H2,18,19,20);1H. The van der Waals surface area contributed by atoms with Gasteiger partial charge in [-0.15, -0.1) is 35.3 Å². The van der Waals surface area contributed by atoms with Crippen LogP contribution in [0.25, 0.3) is 0 Å². The number of aromatic nitrogens is 1. The zero-order chi connectivity index (χ0) is 19.3. The summed E-state index contributed by atoms with van der Waals surface area (Å²) < 4.78 is 5.30. The van der Waals surface area contributed by atoms with Gasteiger partial charge in [0.05, 0.1) is 22.8 Å². The molecule has 1 rings (SSSR count). The van der Waals surface area contributed by atoms with Crippen LogP contribution in [0.4, 0.5) is 4.79 Å². The number of alkyl carbamates (subject to hydrolysis) is 1. The average Bonchev–Trinajstić information content (AvgIpc) is 2.74. The lowest BCUT2D eigenvalue weighted by Gasteiger charge is -2.29. The smallest absolute Gasteiger partial charge is 0.408 e. The molecule has 0 unspecified atom stereocenters. The highest BCUT2D eigenvalue weighted by Crippen LogP contribution is 2.16. The Labute approximate surface area is 177 Å². The van der Waals surface area contributed by atoms with E-state index in [4.69, 9.17) is 4.74 Å². The molecule has 0 spiro atoms. The van der Waals surface area contributed by atoms with Crippen molar-refractivity contribution >= 4 is 47.4 Å². The lowest BCUT2D eigenvalue weighted by molar-refractivity contribution is 0.0474. The molecule has 150 valence electrons. The number of carbonyl (C=O) groups excluding carboxylic acids is 1. The summed E-state index contributed by atoms with van der Waals surface area (Å²) >= 11 is 1.67. The molecule has 0 aliphatic carbocycles. The van der Waals surface area contributed by atoms with Crippen LogP contribution in [0.3, 0.4) is 0 Å². The first kappa shape index (κ1) is 24.9. The first-order valence-corrected chi connectivity index (χ1v) is 9.12. The van der Waals surface area contributed by atoms with Crippen molar-refractivity contribution in [2.45, 2.75) is 66.2 Å². The van der Waals surface area contributed by atoms with Crippen molar-refractivity contribution in [1.82, 2.24) is 20.9 Å². The minimum absolute atomic E-state index is 0. The number of ether oxygens (including phenoxy) is 1. The maximum absolute atomic E-state index is 11.9. The molecule has 1 aromatic rings. The van der Waals surface area contributed by atoms with Crippen molar-refractivity contribution in [3.05, 3.63) is 15.6 Å². The van der Waals surface area contributed by atoms with Gasteiger partial charge in [0.25, 0.3) is 0 Å². The van der Waals surface area contributed by atoms with Crippen LogP contribution in [0.15, 0.2) is 4.99 Å². The number of amides is 1. The highest BCUT2D eigenvalue weighted by molar-refractivity contribution is 14.0. The number of nitrogens with one attached hydrogen (secondary N) is 3. The van der Waals surface area contributed by atoms with E-state index in [0.717, 1.165) is 10.7 Å². The van der Waals surface area contributed by atoms with Gasteiger partial charge in [-0.2, -0.15) is 0 Å². The van der Waals surface area contributed by atoms with Crippen molar-refractivity contribution in [2.75, 3.05) is 13.6 Å². The Morgan fingerprint density at radius 3 is 2.27 bits per heavy atom. The molecule has 7 nitrogen and oxygen atoms in total. The number of hydrogen-bond donors (Lipinski definition) is 3. The largest absolute Gasteiger partial charge is 0.444 e. The third kappa shape index (κ3) is 9.56. The molecule has 0 radical (unpaired) electrons. The van der Waals surface area contributed by atoms with Crippen molar-refractivity contribution in [1.29, 1.82) is 0 Å². The van der Waals surface area contributed by atoms with E-state index in [1.165, 1.54) is 4.88 Å². The summed E-state index contributed by atoms with van der Waals surface area (Å²) in [4.78, 5) is 21.7. The molecule has 9 heteroatoms. The summed E-state index contributed by atoms with van der Waals surface area (Å²) in [6.07, 6.45) is -0.432. The predicted octanol–water partition coefficient (Wildman–Crippen LogP) is 3.35. The van der Waals surface area contributed by atoms with Gasteiger partial charge >= 0.3 is 6.09 Å². The van der Waals surface area contributed by atoms with E-state index in [-0.39, 0.29) is 24.0 Å². The quantitative estimate of drug-likeness (QED) is 0.330. The number of rotatable bonds is 5. The number of halogens is 1. The van der Waals surface area contributed by atoms with Crippen LogP contribution in [-0.2, 0) is 11.3 Å². The summed E-state index contributed by atoms with van der Waals surface area (Å²) in [5, 5.41) is 10.4. The monoisotopic (exact) mass is 497 g/mol. The molecule has 0 aliphatic heterocycles.